The highest BCUT2D eigenvalue weighted by atomic mass is 32.2. The van der Waals surface area contributed by atoms with Crippen LogP contribution in [0.15, 0.2) is 40.4 Å². The average Bonchev–Trinajstić information content (AvgIpc) is 3.23. The van der Waals surface area contributed by atoms with Gasteiger partial charge in [-0.1, -0.05) is 0 Å². The quantitative estimate of drug-likeness (QED) is 0.571. The van der Waals surface area contributed by atoms with Gasteiger partial charge < -0.3 is 20.1 Å². The molecule has 1 aromatic carbocycles. The molecule has 1 aromatic rings. The predicted molar refractivity (Wildman–Crippen MR) is 109 cm³/mol. The largest absolute Gasteiger partial charge is 0.463 e. The summed E-state index contributed by atoms with van der Waals surface area (Å²) in [5.41, 5.74) is 0.181. The molecule has 0 aromatic heterocycles. The molecule has 3 rings (SSSR count). The maximum Gasteiger partial charge on any atom is 0.338 e. The van der Waals surface area contributed by atoms with Crippen molar-refractivity contribution < 1.29 is 36.7 Å². The Bertz CT molecular complexity index is 1040. The molecule has 2 atom stereocenters. The lowest BCUT2D eigenvalue weighted by molar-refractivity contribution is -0.147. The van der Waals surface area contributed by atoms with Gasteiger partial charge in [0.1, 0.15) is 18.5 Å². The molecule has 0 radical (unpaired) electrons. The maximum atomic E-state index is 13.2. The van der Waals surface area contributed by atoms with Crippen molar-refractivity contribution in [3.8, 4) is 0 Å². The molecule has 1 saturated heterocycles. The molecule has 174 valence electrons. The van der Waals surface area contributed by atoms with Gasteiger partial charge in [0.25, 0.3) is 0 Å². The van der Waals surface area contributed by atoms with Gasteiger partial charge in [0.05, 0.1) is 28.8 Å². The lowest BCUT2D eigenvalue weighted by atomic mass is 10.0. The first-order valence-electron chi connectivity index (χ1n) is 10.1. The molecule has 0 spiro atoms. The Balaban J connectivity index is 1.77. The van der Waals surface area contributed by atoms with Crippen LogP contribution in [0.1, 0.15) is 26.7 Å². The molecule has 32 heavy (non-hydrogen) atoms. The van der Waals surface area contributed by atoms with E-state index in [9.17, 15) is 27.2 Å². The number of rotatable bonds is 7. The lowest BCUT2D eigenvalue weighted by Crippen LogP contribution is -2.50. The van der Waals surface area contributed by atoms with Gasteiger partial charge in [-0.15, -0.1) is 0 Å². The summed E-state index contributed by atoms with van der Waals surface area (Å²) < 4.78 is 50.3. The van der Waals surface area contributed by atoms with E-state index < -0.39 is 52.5 Å². The van der Waals surface area contributed by atoms with E-state index in [2.05, 4.69) is 10.6 Å². The molecular formula is C20H24FN3O7S. The molecule has 2 N–H and O–H groups in total. The van der Waals surface area contributed by atoms with Crippen molar-refractivity contribution in [2.75, 3.05) is 19.8 Å². The Morgan fingerprint density at radius 3 is 2.56 bits per heavy atom. The van der Waals surface area contributed by atoms with Gasteiger partial charge in [-0.2, -0.15) is 4.31 Å². The molecule has 12 heteroatoms. The van der Waals surface area contributed by atoms with Gasteiger partial charge in [-0.05, 0) is 51.0 Å². The third kappa shape index (κ3) is 4.91. The second-order valence-corrected chi connectivity index (χ2v) is 9.16. The first kappa shape index (κ1) is 23.7. The van der Waals surface area contributed by atoms with E-state index in [-0.39, 0.29) is 35.7 Å². The van der Waals surface area contributed by atoms with Crippen molar-refractivity contribution in [3.05, 3.63) is 41.4 Å². The Morgan fingerprint density at radius 2 is 1.91 bits per heavy atom. The number of benzene rings is 1. The Labute approximate surface area is 184 Å². The van der Waals surface area contributed by atoms with E-state index in [4.69, 9.17) is 9.47 Å². The number of sulfonamides is 1. The number of amides is 2. The summed E-state index contributed by atoms with van der Waals surface area (Å²) in [5.74, 6) is -2.06. The monoisotopic (exact) mass is 469 g/mol. The van der Waals surface area contributed by atoms with Gasteiger partial charge in [0.15, 0.2) is 0 Å². The third-order valence-corrected chi connectivity index (χ3v) is 7.04. The van der Waals surface area contributed by atoms with Gasteiger partial charge in [-0.3, -0.25) is 4.79 Å². The van der Waals surface area contributed by atoms with Gasteiger partial charge in [-0.25, -0.2) is 22.4 Å². The van der Waals surface area contributed by atoms with Crippen LogP contribution in [0.2, 0.25) is 0 Å². The van der Waals surface area contributed by atoms with E-state index in [1.807, 2.05) is 0 Å². The number of urea groups is 1. The molecular weight excluding hydrogens is 445 g/mol. The van der Waals surface area contributed by atoms with E-state index in [1.54, 1.807) is 13.8 Å². The van der Waals surface area contributed by atoms with Gasteiger partial charge in [0, 0.05) is 6.54 Å². The molecule has 0 aliphatic carbocycles. The first-order valence-corrected chi connectivity index (χ1v) is 11.5. The average molecular weight is 469 g/mol. The fourth-order valence-corrected chi connectivity index (χ4v) is 5.28. The number of carbonyl (C=O) groups excluding carboxylic acids is 3. The molecule has 1 fully saturated rings. The van der Waals surface area contributed by atoms with E-state index in [0.29, 0.717) is 6.42 Å². The van der Waals surface area contributed by atoms with Crippen LogP contribution < -0.4 is 10.6 Å². The summed E-state index contributed by atoms with van der Waals surface area (Å²) in [6.45, 7) is 3.00. The molecule has 2 unspecified atom stereocenters. The molecule has 0 saturated carbocycles. The normalized spacial score (nSPS) is 21.7. The van der Waals surface area contributed by atoms with E-state index >= 15 is 0 Å². The number of nitrogens with one attached hydrogen (secondary N) is 2. The highest BCUT2D eigenvalue weighted by molar-refractivity contribution is 7.89. The Hall–Kier alpha value is -2.99. The number of hydrogen-bond donors (Lipinski definition) is 2. The molecule has 2 heterocycles. The second-order valence-electron chi connectivity index (χ2n) is 7.27. The van der Waals surface area contributed by atoms with Crippen LogP contribution in [0.4, 0.5) is 9.18 Å². The molecule has 2 aliphatic heterocycles. The fourth-order valence-electron chi connectivity index (χ4n) is 3.64. The van der Waals surface area contributed by atoms with Crippen molar-refractivity contribution in [2.45, 2.75) is 43.7 Å². The number of carbonyl (C=O) groups is 3. The van der Waals surface area contributed by atoms with Crippen molar-refractivity contribution in [3.63, 3.8) is 0 Å². The van der Waals surface area contributed by atoms with E-state index in [1.165, 1.54) is 0 Å². The zero-order valence-corrected chi connectivity index (χ0v) is 18.4. The number of halogens is 1. The smallest absolute Gasteiger partial charge is 0.338 e. The topological polar surface area (TPSA) is 131 Å². The molecule has 2 amide bonds. The molecule has 0 bridgehead atoms. The zero-order valence-electron chi connectivity index (χ0n) is 17.6. The third-order valence-electron chi connectivity index (χ3n) is 5.12. The van der Waals surface area contributed by atoms with Crippen molar-refractivity contribution in [1.29, 1.82) is 0 Å². The zero-order chi connectivity index (χ0) is 23.5. The minimum Gasteiger partial charge on any atom is -0.463 e. The van der Waals surface area contributed by atoms with Crippen LogP contribution in [0.3, 0.4) is 0 Å². The van der Waals surface area contributed by atoms with Gasteiger partial charge >= 0.3 is 18.0 Å². The summed E-state index contributed by atoms with van der Waals surface area (Å²) in [5, 5.41) is 4.97. The van der Waals surface area contributed by atoms with E-state index in [0.717, 1.165) is 28.6 Å². The van der Waals surface area contributed by atoms with Crippen LogP contribution in [0.25, 0.3) is 0 Å². The fraction of sp³-hybridized carbons (Fsp3) is 0.450. The highest BCUT2D eigenvalue weighted by Crippen LogP contribution is 2.27. The maximum absolute atomic E-state index is 13.2. The number of ether oxygens (including phenoxy) is 2. The molecule has 2 aliphatic rings. The van der Waals surface area contributed by atoms with Crippen molar-refractivity contribution in [2.24, 2.45) is 0 Å². The standard InChI is InChI=1S/C20H24FN3O7S/c1-3-30-19(26)17-12(2)22-20(27)23-15(17)11-31-18(25)16-5-4-10-24(16)32(28,29)14-8-6-13(21)7-9-14/h6-9,12,16H,3-5,10-11H2,1-2H3,(H2,22,23,27). The SMILES string of the molecule is CCOC(=O)C1=C(COC(=O)C2CCCN2S(=O)(=O)c2ccc(F)cc2)NC(=O)NC1C. The van der Waals surface area contributed by atoms with Crippen LogP contribution in [0, 0.1) is 5.82 Å². The predicted octanol–water partition coefficient (Wildman–Crippen LogP) is 1.04. The van der Waals surface area contributed by atoms with Crippen molar-refractivity contribution in [1.82, 2.24) is 14.9 Å². The lowest BCUT2D eigenvalue weighted by Gasteiger charge is -2.27. The summed E-state index contributed by atoms with van der Waals surface area (Å²) >= 11 is 0. The van der Waals surface area contributed by atoms with Gasteiger partial charge in [0.2, 0.25) is 10.0 Å². The van der Waals surface area contributed by atoms with Crippen LogP contribution in [-0.4, -0.2) is 62.5 Å². The highest BCUT2D eigenvalue weighted by Gasteiger charge is 2.41. The first-order chi connectivity index (χ1) is 15.1. The van der Waals surface area contributed by atoms with Crippen LogP contribution >= 0.6 is 0 Å². The number of hydrogen-bond acceptors (Lipinski definition) is 7. The van der Waals surface area contributed by atoms with Crippen molar-refractivity contribution >= 4 is 28.0 Å². The minimum absolute atomic E-state index is 0.0685. The summed E-state index contributed by atoms with van der Waals surface area (Å²) in [6, 6.07) is 2.01. The van der Waals surface area contributed by atoms with Crippen LogP contribution in [0.5, 0.6) is 0 Å². The summed E-state index contributed by atoms with van der Waals surface area (Å²) in [6.07, 6.45) is 0.683. The van der Waals surface area contributed by atoms with Crippen LogP contribution in [-0.2, 0) is 29.1 Å². The second kappa shape index (κ2) is 9.65. The molecule has 10 nitrogen and oxygen atoms in total. The number of nitrogens with zero attached hydrogens (tertiary/aromatic N) is 1. The Kier molecular flexibility index (Phi) is 7.14. The Morgan fingerprint density at radius 1 is 1.22 bits per heavy atom. The number of esters is 2. The summed E-state index contributed by atoms with van der Waals surface area (Å²) in [4.78, 5) is 36.7. The summed E-state index contributed by atoms with van der Waals surface area (Å²) in [7, 11) is -4.04. The minimum atomic E-state index is -4.04.